The molecule has 1 rings (SSSR count). The summed E-state index contributed by atoms with van der Waals surface area (Å²) in [6, 6.07) is 10.6. The maximum Gasteiger partial charge on any atom is 0.192 e. The fraction of sp³-hybridized carbons (Fsp3) is 0.579. The second-order valence-corrected chi connectivity index (χ2v) is 12.8. The van der Waals surface area contributed by atoms with Crippen molar-refractivity contribution in [2.75, 3.05) is 5.88 Å². The van der Waals surface area contributed by atoms with Crippen LogP contribution < -0.4 is 0 Å². The molecule has 0 unspecified atom stereocenters. The Bertz CT molecular complexity index is 476. The lowest BCUT2D eigenvalue weighted by atomic mass is 9.92. The highest BCUT2D eigenvalue weighted by molar-refractivity contribution is 6.74. The van der Waals surface area contributed by atoms with Crippen molar-refractivity contribution in [3.05, 3.63) is 48.0 Å². The van der Waals surface area contributed by atoms with E-state index in [9.17, 15) is 0 Å². The molecule has 0 N–H and O–H groups in total. The molecule has 1 nitrogen and oxygen atoms in total. The van der Waals surface area contributed by atoms with Gasteiger partial charge in [-0.3, -0.25) is 0 Å². The lowest BCUT2D eigenvalue weighted by molar-refractivity contribution is 0.158. The molecule has 0 bridgehead atoms. The van der Waals surface area contributed by atoms with Crippen LogP contribution in [0, 0.1) is 5.92 Å². The largest absolute Gasteiger partial charge is 0.410 e. The van der Waals surface area contributed by atoms with Crippen LogP contribution in [0.5, 0.6) is 0 Å². The second-order valence-electron chi connectivity index (χ2n) is 7.76. The van der Waals surface area contributed by atoms with E-state index in [0.717, 1.165) is 12.0 Å². The average Bonchev–Trinajstić information content (AvgIpc) is 2.43. The summed E-state index contributed by atoms with van der Waals surface area (Å²) in [4.78, 5) is 0. The van der Waals surface area contributed by atoms with Crippen LogP contribution in [0.25, 0.3) is 0 Å². The SMILES string of the molecule is C=C(CCl)[C@@H](O[Si](C)(C)C(C)(C)C)[C@H](C)Cc1ccccc1. The summed E-state index contributed by atoms with van der Waals surface area (Å²) >= 11 is 6.07. The summed E-state index contributed by atoms with van der Waals surface area (Å²) in [5.41, 5.74) is 2.33. The fourth-order valence-corrected chi connectivity index (χ4v) is 3.80. The molecule has 0 aliphatic heterocycles. The smallest absolute Gasteiger partial charge is 0.192 e. The summed E-state index contributed by atoms with van der Waals surface area (Å²) in [5.74, 6) is 0.820. The Balaban J connectivity index is 2.91. The quantitative estimate of drug-likeness (QED) is 0.334. The van der Waals surface area contributed by atoms with Crippen molar-refractivity contribution in [1.29, 1.82) is 0 Å². The Labute approximate surface area is 142 Å². The molecule has 0 radical (unpaired) electrons. The van der Waals surface area contributed by atoms with Crippen LogP contribution in [0.15, 0.2) is 42.5 Å². The third kappa shape index (κ3) is 5.26. The first-order chi connectivity index (χ1) is 10.1. The van der Waals surface area contributed by atoms with E-state index in [-0.39, 0.29) is 11.1 Å². The molecule has 0 aromatic heterocycles. The van der Waals surface area contributed by atoms with Crippen LogP contribution in [0.1, 0.15) is 33.3 Å². The average molecular weight is 339 g/mol. The Hall–Kier alpha value is -0.573. The number of rotatable bonds is 7. The zero-order valence-electron chi connectivity index (χ0n) is 14.9. The number of hydrogen-bond donors (Lipinski definition) is 0. The monoisotopic (exact) mass is 338 g/mol. The van der Waals surface area contributed by atoms with Crippen molar-refractivity contribution in [2.24, 2.45) is 5.92 Å². The van der Waals surface area contributed by atoms with Gasteiger partial charge in [0.15, 0.2) is 8.32 Å². The minimum absolute atomic E-state index is 0.0265. The number of alkyl halides is 1. The van der Waals surface area contributed by atoms with E-state index in [1.165, 1.54) is 5.56 Å². The lowest BCUT2D eigenvalue weighted by Gasteiger charge is -2.41. The topological polar surface area (TPSA) is 9.23 Å². The minimum atomic E-state index is -1.85. The van der Waals surface area contributed by atoms with E-state index in [1.807, 2.05) is 0 Å². The first kappa shape index (κ1) is 19.5. The molecule has 3 heteroatoms. The van der Waals surface area contributed by atoms with Crippen LogP contribution in [0.3, 0.4) is 0 Å². The molecule has 1 aromatic carbocycles. The van der Waals surface area contributed by atoms with Crippen molar-refractivity contribution in [2.45, 2.75) is 58.4 Å². The summed E-state index contributed by atoms with van der Waals surface area (Å²) < 4.78 is 6.64. The summed E-state index contributed by atoms with van der Waals surface area (Å²) in [7, 11) is -1.85. The third-order valence-corrected chi connectivity index (χ3v) is 9.52. The third-order valence-electron chi connectivity index (χ3n) is 4.72. The summed E-state index contributed by atoms with van der Waals surface area (Å²) in [6.45, 7) is 17.8. The summed E-state index contributed by atoms with van der Waals surface area (Å²) in [6.07, 6.45) is 1.01. The number of halogens is 1. The molecule has 0 saturated carbocycles. The van der Waals surface area contributed by atoms with Gasteiger partial charge in [-0.2, -0.15) is 0 Å². The van der Waals surface area contributed by atoms with E-state index >= 15 is 0 Å². The fourth-order valence-electron chi connectivity index (χ4n) is 2.27. The van der Waals surface area contributed by atoms with E-state index in [1.54, 1.807) is 0 Å². The molecule has 0 amide bonds. The molecular weight excluding hydrogens is 308 g/mol. The van der Waals surface area contributed by atoms with Crippen molar-refractivity contribution in [3.63, 3.8) is 0 Å². The van der Waals surface area contributed by atoms with Crippen LogP contribution in [-0.4, -0.2) is 20.3 Å². The van der Waals surface area contributed by atoms with Crippen molar-refractivity contribution >= 4 is 19.9 Å². The maximum atomic E-state index is 6.64. The molecule has 0 heterocycles. The van der Waals surface area contributed by atoms with Crippen LogP contribution >= 0.6 is 11.6 Å². The summed E-state index contributed by atoms with van der Waals surface area (Å²) in [5, 5.41) is 0.185. The maximum absolute atomic E-state index is 6.64. The highest BCUT2D eigenvalue weighted by atomic mass is 35.5. The van der Waals surface area contributed by atoms with Crippen LogP contribution in [0.2, 0.25) is 18.1 Å². The highest BCUT2D eigenvalue weighted by Gasteiger charge is 2.40. The Morgan fingerprint density at radius 3 is 2.23 bits per heavy atom. The predicted octanol–water partition coefficient (Wildman–Crippen LogP) is 6.05. The van der Waals surface area contributed by atoms with Gasteiger partial charge in [0.05, 0.1) is 6.10 Å². The Morgan fingerprint density at radius 1 is 1.23 bits per heavy atom. The molecule has 0 aliphatic rings. The van der Waals surface area contributed by atoms with Gasteiger partial charge in [0.2, 0.25) is 0 Å². The Kier molecular flexibility index (Phi) is 6.91. The molecule has 0 spiro atoms. The van der Waals surface area contributed by atoms with Gasteiger partial charge in [-0.15, -0.1) is 11.6 Å². The predicted molar refractivity (Wildman–Crippen MR) is 101 cm³/mol. The minimum Gasteiger partial charge on any atom is -0.410 e. The van der Waals surface area contributed by atoms with E-state index < -0.39 is 8.32 Å². The van der Waals surface area contributed by atoms with Crippen molar-refractivity contribution in [3.8, 4) is 0 Å². The van der Waals surface area contributed by atoms with Gasteiger partial charge in [0, 0.05) is 5.88 Å². The van der Waals surface area contributed by atoms with Gasteiger partial charge >= 0.3 is 0 Å². The Morgan fingerprint density at radius 2 is 1.77 bits per heavy atom. The molecule has 0 fully saturated rings. The first-order valence-electron chi connectivity index (χ1n) is 8.04. The molecule has 0 aliphatic carbocycles. The van der Waals surface area contributed by atoms with Crippen LogP contribution in [0.4, 0.5) is 0 Å². The van der Waals surface area contributed by atoms with Crippen LogP contribution in [-0.2, 0) is 10.8 Å². The normalized spacial score (nSPS) is 15.4. The first-order valence-corrected chi connectivity index (χ1v) is 11.5. The van der Waals surface area contributed by atoms with Gasteiger partial charge < -0.3 is 4.43 Å². The molecular formula is C19H31ClOSi. The number of hydrogen-bond acceptors (Lipinski definition) is 1. The standard InChI is InChI=1S/C19H31ClOSi/c1-15(13-17-11-9-8-10-12-17)18(16(2)14-20)21-22(6,7)19(3,4)5/h8-12,15,18H,2,13-14H2,1,3-7H3/t15-,18+/m1/s1. The molecule has 22 heavy (non-hydrogen) atoms. The van der Waals surface area contributed by atoms with E-state index in [2.05, 4.69) is 77.7 Å². The van der Waals surface area contributed by atoms with Gasteiger partial charge in [-0.05, 0) is 41.6 Å². The van der Waals surface area contributed by atoms with Gasteiger partial charge in [0.25, 0.3) is 0 Å². The zero-order valence-corrected chi connectivity index (χ0v) is 16.7. The van der Waals surface area contributed by atoms with Gasteiger partial charge in [-0.25, -0.2) is 0 Å². The van der Waals surface area contributed by atoms with Crippen molar-refractivity contribution in [1.82, 2.24) is 0 Å². The molecule has 2 atom stereocenters. The second kappa shape index (κ2) is 7.81. The van der Waals surface area contributed by atoms with E-state index in [0.29, 0.717) is 11.8 Å². The number of benzene rings is 1. The highest BCUT2D eigenvalue weighted by Crippen LogP contribution is 2.39. The van der Waals surface area contributed by atoms with Gasteiger partial charge in [0.1, 0.15) is 0 Å². The molecule has 0 saturated heterocycles. The zero-order chi connectivity index (χ0) is 17.0. The van der Waals surface area contributed by atoms with Crippen molar-refractivity contribution < 1.29 is 4.43 Å². The van der Waals surface area contributed by atoms with Gasteiger partial charge in [-0.1, -0.05) is 64.6 Å². The molecule has 124 valence electrons. The van der Waals surface area contributed by atoms with E-state index in [4.69, 9.17) is 16.0 Å². The molecule has 1 aromatic rings. The lowest BCUT2D eigenvalue weighted by Crippen LogP contribution is -2.46.